The molecule has 0 unspecified atom stereocenters. The van der Waals surface area contributed by atoms with Crippen LogP contribution in [0.1, 0.15) is 30.5 Å². The van der Waals surface area contributed by atoms with Crippen LogP contribution in [-0.4, -0.2) is 53.2 Å². The normalized spacial score (nSPS) is 17.0. The predicted octanol–water partition coefficient (Wildman–Crippen LogP) is 4.10. The summed E-state index contributed by atoms with van der Waals surface area (Å²) in [5.41, 5.74) is 3.04. The van der Waals surface area contributed by atoms with Crippen molar-refractivity contribution >= 4 is 34.9 Å². The first kappa shape index (κ1) is 22.9. The quantitative estimate of drug-likeness (QED) is 0.597. The van der Waals surface area contributed by atoms with Gasteiger partial charge in [-0.05, 0) is 66.9 Å². The van der Waals surface area contributed by atoms with Gasteiger partial charge in [0.05, 0.1) is 18.1 Å². The van der Waals surface area contributed by atoms with E-state index in [0.29, 0.717) is 30.2 Å². The third-order valence-corrected chi connectivity index (χ3v) is 6.41. The molecule has 0 atom stereocenters. The molecule has 1 saturated heterocycles. The highest BCUT2D eigenvalue weighted by Crippen LogP contribution is 2.35. The molecule has 172 valence electrons. The minimum atomic E-state index is -0.461. The van der Waals surface area contributed by atoms with E-state index >= 15 is 0 Å². The molecule has 7 nitrogen and oxygen atoms in total. The average molecular weight is 467 g/mol. The Labute approximate surface area is 197 Å². The van der Waals surface area contributed by atoms with Crippen molar-refractivity contribution < 1.29 is 23.9 Å². The number of carbonyl (C=O) groups is 3. The highest BCUT2D eigenvalue weighted by Gasteiger charge is 2.37. The molecule has 2 aliphatic heterocycles. The molecule has 8 heteroatoms. The van der Waals surface area contributed by atoms with E-state index in [0.717, 1.165) is 28.6 Å². The van der Waals surface area contributed by atoms with Gasteiger partial charge in [-0.15, -0.1) is 0 Å². The van der Waals surface area contributed by atoms with Gasteiger partial charge in [0, 0.05) is 13.1 Å². The third-order valence-electron chi connectivity index (χ3n) is 5.50. The Balaban J connectivity index is 1.45. The van der Waals surface area contributed by atoms with Crippen molar-refractivity contribution in [1.82, 2.24) is 9.80 Å². The maximum atomic E-state index is 12.9. The van der Waals surface area contributed by atoms with E-state index in [9.17, 15) is 14.4 Å². The topological polar surface area (TPSA) is 76.2 Å². The predicted molar refractivity (Wildman–Crippen MR) is 127 cm³/mol. The summed E-state index contributed by atoms with van der Waals surface area (Å²) in [6.07, 6.45) is 2.39. The summed E-state index contributed by atoms with van der Waals surface area (Å²) in [5, 5.41) is -0.441. The van der Waals surface area contributed by atoms with Crippen LogP contribution < -0.4 is 9.47 Å². The minimum absolute atomic E-state index is 0.00725. The number of nitrogens with zero attached hydrogens (tertiary/aromatic N) is 2. The molecule has 33 heavy (non-hydrogen) atoms. The number of benzene rings is 2. The second-order valence-corrected chi connectivity index (χ2v) is 9.17. The lowest BCUT2D eigenvalue weighted by Crippen LogP contribution is -2.44. The smallest absolute Gasteiger partial charge is 0.294 e. The monoisotopic (exact) mass is 466 g/mol. The number of hydrogen-bond acceptors (Lipinski definition) is 6. The summed E-state index contributed by atoms with van der Waals surface area (Å²) >= 11 is 0.838. The molecule has 0 aromatic heterocycles. The van der Waals surface area contributed by atoms with E-state index in [1.54, 1.807) is 36.3 Å². The molecule has 1 fully saturated rings. The first-order valence-corrected chi connectivity index (χ1v) is 11.6. The van der Waals surface area contributed by atoms with Crippen LogP contribution in [0.3, 0.4) is 0 Å². The van der Waals surface area contributed by atoms with Gasteiger partial charge in [-0.3, -0.25) is 19.3 Å². The van der Waals surface area contributed by atoms with Gasteiger partial charge in [0.15, 0.2) is 11.5 Å². The Kier molecular flexibility index (Phi) is 6.74. The lowest BCUT2D eigenvalue weighted by atomic mass is 10.00. The molecule has 0 aliphatic carbocycles. The van der Waals surface area contributed by atoms with Gasteiger partial charge in [-0.2, -0.15) is 0 Å². The van der Waals surface area contributed by atoms with Crippen molar-refractivity contribution in [3.8, 4) is 11.5 Å². The van der Waals surface area contributed by atoms with E-state index in [1.165, 1.54) is 5.56 Å². The Morgan fingerprint density at radius 1 is 1.12 bits per heavy atom. The fourth-order valence-electron chi connectivity index (χ4n) is 3.86. The molecule has 2 aromatic carbocycles. The minimum Gasteiger partial charge on any atom is -0.493 e. The highest BCUT2D eigenvalue weighted by molar-refractivity contribution is 8.18. The first-order valence-electron chi connectivity index (χ1n) is 10.8. The molecule has 4 rings (SSSR count). The van der Waals surface area contributed by atoms with E-state index in [4.69, 9.17) is 9.47 Å². The molecular weight excluding hydrogens is 440 g/mol. The third kappa shape index (κ3) is 5.06. The number of ether oxygens (including phenoxy) is 2. The molecule has 0 spiro atoms. The van der Waals surface area contributed by atoms with E-state index in [2.05, 4.69) is 6.07 Å². The number of rotatable bonds is 6. The number of carbonyl (C=O) groups excluding carboxylic acids is 3. The van der Waals surface area contributed by atoms with Crippen molar-refractivity contribution in [3.05, 3.63) is 64.1 Å². The Morgan fingerprint density at radius 2 is 1.88 bits per heavy atom. The second-order valence-electron chi connectivity index (χ2n) is 8.18. The summed E-state index contributed by atoms with van der Waals surface area (Å²) in [4.78, 5) is 41.3. The first-order chi connectivity index (χ1) is 15.9. The van der Waals surface area contributed by atoms with Crippen molar-refractivity contribution in [1.29, 1.82) is 0 Å². The van der Waals surface area contributed by atoms with Gasteiger partial charge in [-0.1, -0.05) is 30.3 Å². The number of thioether (sulfide) groups is 1. The summed E-state index contributed by atoms with van der Waals surface area (Å²) < 4.78 is 11.1. The van der Waals surface area contributed by atoms with Gasteiger partial charge in [0.2, 0.25) is 5.91 Å². The maximum absolute atomic E-state index is 12.9. The van der Waals surface area contributed by atoms with Crippen LogP contribution in [0.15, 0.2) is 47.4 Å². The van der Waals surface area contributed by atoms with Crippen LogP contribution in [0.5, 0.6) is 11.5 Å². The zero-order valence-electron chi connectivity index (χ0n) is 18.9. The van der Waals surface area contributed by atoms with Crippen LogP contribution in [0.2, 0.25) is 0 Å². The number of hydrogen-bond donors (Lipinski definition) is 0. The van der Waals surface area contributed by atoms with Gasteiger partial charge in [-0.25, -0.2) is 0 Å². The van der Waals surface area contributed by atoms with Crippen molar-refractivity contribution in [2.24, 2.45) is 0 Å². The zero-order valence-corrected chi connectivity index (χ0v) is 19.7. The lowest BCUT2D eigenvalue weighted by Gasteiger charge is -2.29. The molecule has 0 saturated carbocycles. The van der Waals surface area contributed by atoms with Crippen LogP contribution in [0, 0.1) is 0 Å². The molecule has 2 aliphatic rings. The zero-order chi connectivity index (χ0) is 23.5. The van der Waals surface area contributed by atoms with Gasteiger partial charge < -0.3 is 14.4 Å². The fourth-order valence-corrected chi connectivity index (χ4v) is 4.70. The summed E-state index contributed by atoms with van der Waals surface area (Å²) in [7, 11) is 1.55. The molecule has 2 aromatic rings. The van der Waals surface area contributed by atoms with Crippen molar-refractivity contribution in [2.45, 2.75) is 32.9 Å². The fraction of sp³-hybridized carbons (Fsp3) is 0.320. The number of amides is 3. The van der Waals surface area contributed by atoms with Gasteiger partial charge in [0.1, 0.15) is 6.54 Å². The Bertz CT molecular complexity index is 1130. The maximum Gasteiger partial charge on any atom is 0.294 e. The van der Waals surface area contributed by atoms with Crippen LogP contribution in [0.25, 0.3) is 6.08 Å². The lowest BCUT2D eigenvalue weighted by molar-refractivity contribution is -0.136. The molecular formula is C25H26N2O5S. The van der Waals surface area contributed by atoms with E-state index in [1.807, 2.05) is 32.0 Å². The molecule has 0 bridgehead atoms. The standard InChI is InChI=1S/C25H26N2O5S/c1-16(2)32-20-9-8-17(12-21(20)31-3)13-22-24(29)27(25(30)33-22)15-23(28)26-11-10-18-6-4-5-7-19(18)14-26/h4-9,12-13,16H,10-11,14-15H2,1-3H3/b22-13-. The molecule has 3 amide bonds. The largest absolute Gasteiger partial charge is 0.493 e. The molecule has 0 N–H and O–H groups in total. The summed E-state index contributed by atoms with van der Waals surface area (Å²) in [6, 6.07) is 13.3. The number of fused-ring (bicyclic) bond motifs is 1. The van der Waals surface area contributed by atoms with Crippen LogP contribution in [0.4, 0.5) is 4.79 Å². The Morgan fingerprint density at radius 3 is 2.61 bits per heavy atom. The van der Waals surface area contributed by atoms with Gasteiger partial charge >= 0.3 is 0 Å². The number of imide groups is 1. The highest BCUT2D eigenvalue weighted by atomic mass is 32.2. The van der Waals surface area contributed by atoms with E-state index < -0.39 is 11.1 Å². The van der Waals surface area contributed by atoms with Gasteiger partial charge in [0.25, 0.3) is 11.1 Å². The molecule has 2 heterocycles. The average Bonchev–Trinajstić information content (AvgIpc) is 3.06. The number of methoxy groups -OCH3 is 1. The second kappa shape index (κ2) is 9.70. The van der Waals surface area contributed by atoms with Crippen molar-refractivity contribution in [2.75, 3.05) is 20.2 Å². The van der Waals surface area contributed by atoms with E-state index in [-0.39, 0.29) is 23.5 Å². The van der Waals surface area contributed by atoms with Crippen LogP contribution in [-0.2, 0) is 22.6 Å². The Hall–Kier alpha value is -3.26. The summed E-state index contributed by atoms with van der Waals surface area (Å²) in [6.45, 7) is 4.66. The SMILES string of the molecule is COc1cc(/C=C2\SC(=O)N(CC(=O)N3CCc4ccccc4C3)C2=O)ccc1OC(C)C. The molecule has 0 radical (unpaired) electrons. The van der Waals surface area contributed by atoms with Crippen LogP contribution >= 0.6 is 11.8 Å². The summed E-state index contributed by atoms with van der Waals surface area (Å²) in [5.74, 6) is 0.450. The van der Waals surface area contributed by atoms with Crippen molar-refractivity contribution in [3.63, 3.8) is 0 Å².